The second-order valence-electron chi connectivity index (χ2n) is 6.22. The van der Waals surface area contributed by atoms with Crippen LogP contribution in [0.15, 0.2) is 47.4 Å². The third-order valence-corrected chi connectivity index (χ3v) is 6.11. The molecule has 1 aliphatic carbocycles. The average Bonchev–Trinajstić information content (AvgIpc) is 2.60. The third-order valence-electron chi connectivity index (χ3n) is 4.57. The summed E-state index contributed by atoms with van der Waals surface area (Å²) >= 11 is 0. The Morgan fingerprint density at radius 2 is 1.75 bits per heavy atom. The summed E-state index contributed by atoms with van der Waals surface area (Å²) in [5.74, 6) is 0.679. The lowest BCUT2D eigenvalue weighted by Gasteiger charge is -2.19. The van der Waals surface area contributed by atoms with Gasteiger partial charge in [-0.3, -0.25) is 0 Å². The molecular weight excluding hydrogens is 322 g/mol. The highest BCUT2D eigenvalue weighted by Gasteiger charge is 2.22. The summed E-state index contributed by atoms with van der Waals surface area (Å²) in [6.45, 7) is 1.83. The Morgan fingerprint density at radius 1 is 1.04 bits per heavy atom. The fraction of sp³-hybridized carbons (Fsp3) is 0.368. The van der Waals surface area contributed by atoms with E-state index in [0.29, 0.717) is 10.6 Å². The van der Waals surface area contributed by atoms with E-state index in [1.165, 1.54) is 12.0 Å². The SMILES string of the molecule is COc1ccccc1[C@H](C)NS(=O)(=O)c1ccc2c(c1)CCCC2. The van der Waals surface area contributed by atoms with E-state index in [-0.39, 0.29) is 6.04 Å². The number of para-hydroxylation sites is 1. The molecule has 0 saturated heterocycles. The van der Waals surface area contributed by atoms with Crippen molar-refractivity contribution in [1.82, 2.24) is 4.72 Å². The lowest BCUT2D eigenvalue weighted by atomic mass is 9.92. The Kier molecular flexibility index (Phi) is 4.92. The molecule has 128 valence electrons. The van der Waals surface area contributed by atoms with Crippen LogP contribution in [0.4, 0.5) is 0 Å². The second-order valence-corrected chi connectivity index (χ2v) is 7.94. The van der Waals surface area contributed by atoms with Gasteiger partial charge in [-0.15, -0.1) is 0 Å². The number of aryl methyl sites for hydroxylation is 2. The van der Waals surface area contributed by atoms with Crippen LogP contribution < -0.4 is 9.46 Å². The minimum Gasteiger partial charge on any atom is -0.496 e. The van der Waals surface area contributed by atoms with Crippen molar-refractivity contribution in [3.63, 3.8) is 0 Å². The van der Waals surface area contributed by atoms with Crippen LogP contribution in [0.3, 0.4) is 0 Å². The molecule has 3 rings (SSSR count). The first kappa shape index (κ1) is 17.0. The Balaban J connectivity index is 1.86. The van der Waals surface area contributed by atoms with Crippen LogP contribution in [-0.2, 0) is 22.9 Å². The van der Waals surface area contributed by atoms with Crippen molar-refractivity contribution in [1.29, 1.82) is 0 Å². The van der Waals surface area contributed by atoms with Gasteiger partial charge in [0, 0.05) is 11.6 Å². The molecule has 0 bridgehead atoms. The summed E-state index contributed by atoms with van der Waals surface area (Å²) in [5, 5.41) is 0. The molecule has 0 amide bonds. The fourth-order valence-corrected chi connectivity index (χ4v) is 4.54. The number of methoxy groups -OCH3 is 1. The zero-order valence-electron chi connectivity index (χ0n) is 14.1. The van der Waals surface area contributed by atoms with E-state index in [1.807, 2.05) is 43.3 Å². The molecule has 0 saturated carbocycles. The van der Waals surface area contributed by atoms with Gasteiger partial charge >= 0.3 is 0 Å². The number of hydrogen-bond donors (Lipinski definition) is 1. The standard InChI is InChI=1S/C19H23NO3S/c1-14(18-9-5-6-10-19(18)23-2)20-24(21,22)17-12-11-15-7-3-4-8-16(15)13-17/h5-6,9-14,20H,3-4,7-8H2,1-2H3/t14-/m0/s1. The molecule has 0 unspecified atom stereocenters. The zero-order valence-corrected chi connectivity index (χ0v) is 14.9. The number of hydrogen-bond acceptors (Lipinski definition) is 3. The molecule has 0 aromatic heterocycles. The van der Waals surface area contributed by atoms with Gasteiger partial charge in [-0.2, -0.15) is 0 Å². The van der Waals surface area contributed by atoms with Gasteiger partial charge in [0.15, 0.2) is 0 Å². The fourth-order valence-electron chi connectivity index (χ4n) is 3.27. The number of benzene rings is 2. The summed E-state index contributed by atoms with van der Waals surface area (Å²) in [4.78, 5) is 0.338. The van der Waals surface area contributed by atoms with Gasteiger partial charge in [-0.05, 0) is 61.9 Å². The van der Waals surface area contributed by atoms with Gasteiger partial charge in [0.05, 0.1) is 12.0 Å². The Morgan fingerprint density at radius 3 is 2.50 bits per heavy atom. The maximum atomic E-state index is 12.7. The van der Waals surface area contributed by atoms with Gasteiger partial charge in [0.25, 0.3) is 0 Å². The molecule has 0 aliphatic heterocycles. The molecular formula is C19H23NO3S. The monoisotopic (exact) mass is 345 g/mol. The number of ether oxygens (including phenoxy) is 1. The lowest BCUT2D eigenvalue weighted by Crippen LogP contribution is -2.27. The predicted octanol–water partition coefficient (Wildman–Crippen LogP) is 3.61. The molecule has 2 aromatic rings. The van der Waals surface area contributed by atoms with Crippen LogP contribution in [-0.4, -0.2) is 15.5 Å². The summed E-state index contributed by atoms with van der Waals surface area (Å²) in [7, 11) is -1.98. The van der Waals surface area contributed by atoms with Crippen LogP contribution in [0.5, 0.6) is 5.75 Å². The predicted molar refractivity (Wildman–Crippen MR) is 94.8 cm³/mol. The highest BCUT2D eigenvalue weighted by Crippen LogP contribution is 2.27. The molecule has 0 radical (unpaired) electrons. The third kappa shape index (κ3) is 3.47. The Bertz CT molecular complexity index is 830. The van der Waals surface area contributed by atoms with Crippen LogP contribution >= 0.6 is 0 Å². The normalized spacial score (nSPS) is 15.6. The summed E-state index contributed by atoms with van der Waals surface area (Å²) < 4.78 is 33.6. The molecule has 0 fully saturated rings. The number of sulfonamides is 1. The van der Waals surface area contributed by atoms with Gasteiger partial charge < -0.3 is 4.74 Å². The Labute approximate surface area is 143 Å². The van der Waals surface area contributed by atoms with E-state index in [1.54, 1.807) is 13.2 Å². The second kappa shape index (κ2) is 6.95. The van der Waals surface area contributed by atoms with Gasteiger partial charge in [-0.1, -0.05) is 24.3 Å². The molecule has 0 heterocycles. The first-order chi connectivity index (χ1) is 11.5. The Hall–Kier alpha value is -1.85. The number of fused-ring (bicyclic) bond motifs is 1. The number of nitrogens with one attached hydrogen (secondary N) is 1. The van der Waals surface area contributed by atoms with Crippen LogP contribution in [0.1, 0.15) is 42.5 Å². The van der Waals surface area contributed by atoms with Crippen molar-refractivity contribution in [3.8, 4) is 5.75 Å². The smallest absolute Gasteiger partial charge is 0.241 e. The molecule has 1 aliphatic rings. The van der Waals surface area contributed by atoms with E-state index >= 15 is 0 Å². The van der Waals surface area contributed by atoms with Crippen LogP contribution in [0.25, 0.3) is 0 Å². The van der Waals surface area contributed by atoms with Crippen molar-refractivity contribution in [3.05, 3.63) is 59.2 Å². The van der Waals surface area contributed by atoms with Gasteiger partial charge in [0.2, 0.25) is 10.0 Å². The highest BCUT2D eigenvalue weighted by molar-refractivity contribution is 7.89. The van der Waals surface area contributed by atoms with Crippen LogP contribution in [0.2, 0.25) is 0 Å². The molecule has 2 aromatic carbocycles. The van der Waals surface area contributed by atoms with E-state index in [2.05, 4.69) is 4.72 Å². The summed E-state index contributed by atoms with van der Waals surface area (Å²) in [6.07, 6.45) is 4.31. The topological polar surface area (TPSA) is 55.4 Å². The maximum Gasteiger partial charge on any atom is 0.241 e. The molecule has 1 N–H and O–H groups in total. The zero-order chi connectivity index (χ0) is 17.2. The minimum atomic E-state index is -3.57. The summed E-state index contributed by atoms with van der Waals surface area (Å²) in [6, 6.07) is 12.6. The molecule has 5 heteroatoms. The quantitative estimate of drug-likeness (QED) is 0.900. The van der Waals surface area contributed by atoms with Crippen molar-refractivity contribution in [2.45, 2.75) is 43.5 Å². The van der Waals surface area contributed by atoms with Gasteiger partial charge in [-0.25, -0.2) is 13.1 Å². The minimum absolute atomic E-state index is 0.338. The first-order valence-corrected chi connectivity index (χ1v) is 9.76. The van der Waals surface area contributed by atoms with Crippen molar-refractivity contribution < 1.29 is 13.2 Å². The van der Waals surface area contributed by atoms with E-state index < -0.39 is 10.0 Å². The summed E-state index contributed by atoms with van der Waals surface area (Å²) in [5.41, 5.74) is 3.26. The van der Waals surface area contributed by atoms with Crippen molar-refractivity contribution in [2.75, 3.05) is 7.11 Å². The van der Waals surface area contributed by atoms with Crippen molar-refractivity contribution >= 4 is 10.0 Å². The van der Waals surface area contributed by atoms with Gasteiger partial charge in [0.1, 0.15) is 5.75 Å². The molecule has 4 nitrogen and oxygen atoms in total. The van der Waals surface area contributed by atoms with Crippen molar-refractivity contribution in [2.24, 2.45) is 0 Å². The number of rotatable bonds is 5. The largest absolute Gasteiger partial charge is 0.496 e. The molecule has 0 spiro atoms. The lowest BCUT2D eigenvalue weighted by molar-refractivity contribution is 0.405. The highest BCUT2D eigenvalue weighted by atomic mass is 32.2. The molecule has 24 heavy (non-hydrogen) atoms. The average molecular weight is 345 g/mol. The first-order valence-electron chi connectivity index (χ1n) is 8.28. The van der Waals surface area contributed by atoms with E-state index in [4.69, 9.17) is 4.74 Å². The molecule has 1 atom stereocenters. The maximum absolute atomic E-state index is 12.7. The van der Waals surface area contributed by atoms with E-state index in [9.17, 15) is 8.42 Å². The van der Waals surface area contributed by atoms with E-state index in [0.717, 1.165) is 30.4 Å². The van der Waals surface area contributed by atoms with Crippen LogP contribution in [0, 0.1) is 0 Å².